The van der Waals surface area contributed by atoms with Crippen molar-refractivity contribution in [3.8, 4) is 0 Å². The molecule has 0 fully saturated rings. The van der Waals surface area contributed by atoms with Gasteiger partial charge in [0.15, 0.2) is 0 Å². The molecule has 0 atom stereocenters. The average molecular weight is 308 g/mol. The summed E-state index contributed by atoms with van der Waals surface area (Å²) >= 11 is 0. The predicted octanol–water partition coefficient (Wildman–Crippen LogP) is 4.81. The lowest BCUT2D eigenvalue weighted by atomic mass is 10.1. The molecule has 22 heavy (non-hydrogen) atoms. The Hall–Kier alpha value is -0.900. The molecule has 0 aliphatic rings. The van der Waals surface area contributed by atoms with E-state index in [1.165, 1.54) is 0 Å². The molecular weight excluding hydrogens is 276 g/mol. The Bertz CT molecular complexity index is 367. The topological polar surface area (TPSA) is 27.7 Å². The van der Waals surface area contributed by atoms with Gasteiger partial charge in [-0.15, -0.1) is 0 Å². The monoisotopic (exact) mass is 308 g/mol. The second kappa shape index (κ2) is 9.29. The van der Waals surface area contributed by atoms with Gasteiger partial charge >= 0.3 is 5.97 Å². The zero-order valence-electron chi connectivity index (χ0n) is 15.0. The fourth-order valence-electron chi connectivity index (χ4n) is 1.85. The molecule has 0 spiro atoms. The fourth-order valence-corrected chi connectivity index (χ4v) is 1.85. The molecule has 3 heteroatoms. The maximum atomic E-state index is 6.13. The highest BCUT2D eigenvalue weighted by Crippen LogP contribution is 2.31. The minimum Gasteiger partial charge on any atom is -0.323 e. The maximum absolute atomic E-state index is 6.13. The molecule has 3 nitrogen and oxygen atoms in total. The van der Waals surface area contributed by atoms with E-state index in [2.05, 4.69) is 41.5 Å². The van der Waals surface area contributed by atoms with E-state index < -0.39 is 5.97 Å². The van der Waals surface area contributed by atoms with Crippen molar-refractivity contribution < 1.29 is 14.2 Å². The number of hydrogen-bond donors (Lipinski definition) is 0. The molecule has 0 radical (unpaired) electrons. The summed E-state index contributed by atoms with van der Waals surface area (Å²) in [5.74, 6) is 0.121. The highest BCUT2D eigenvalue weighted by atomic mass is 16.9. The molecule has 0 heterocycles. The standard InChI is InChI=1S/C19H32O3/c1-15(2)12-20-19(21-13-16(3)4,22-14-17(5)6)18-10-8-7-9-11-18/h7-11,15-17H,12-14H2,1-6H3. The summed E-state index contributed by atoms with van der Waals surface area (Å²) < 4.78 is 18.4. The number of benzene rings is 1. The van der Waals surface area contributed by atoms with Crippen LogP contribution in [0.3, 0.4) is 0 Å². The Balaban J connectivity index is 3.03. The lowest BCUT2D eigenvalue weighted by molar-refractivity contribution is -0.399. The SMILES string of the molecule is CC(C)COC(OCC(C)C)(OCC(C)C)c1ccccc1. The molecule has 0 unspecified atom stereocenters. The van der Waals surface area contributed by atoms with Crippen molar-refractivity contribution in [2.75, 3.05) is 19.8 Å². The predicted molar refractivity (Wildman–Crippen MR) is 90.5 cm³/mol. The van der Waals surface area contributed by atoms with Crippen LogP contribution in [-0.2, 0) is 20.2 Å². The Labute approximate surface area is 136 Å². The molecule has 0 saturated heterocycles. The zero-order chi connectivity index (χ0) is 16.6. The van der Waals surface area contributed by atoms with Crippen LogP contribution in [0.2, 0.25) is 0 Å². The third kappa shape index (κ3) is 6.47. The second-order valence-corrected chi connectivity index (χ2v) is 7.04. The van der Waals surface area contributed by atoms with Crippen LogP contribution < -0.4 is 0 Å². The first-order valence-electron chi connectivity index (χ1n) is 8.33. The maximum Gasteiger partial charge on any atom is 0.312 e. The molecular formula is C19H32O3. The van der Waals surface area contributed by atoms with Crippen LogP contribution in [0.25, 0.3) is 0 Å². The van der Waals surface area contributed by atoms with Crippen LogP contribution in [0.15, 0.2) is 30.3 Å². The first-order valence-corrected chi connectivity index (χ1v) is 8.33. The fraction of sp³-hybridized carbons (Fsp3) is 0.684. The van der Waals surface area contributed by atoms with Gasteiger partial charge in [-0.05, 0) is 17.8 Å². The van der Waals surface area contributed by atoms with Gasteiger partial charge in [0.1, 0.15) is 0 Å². The van der Waals surface area contributed by atoms with Gasteiger partial charge in [0, 0.05) is 5.56 Å². The average Bonchev–Trinajstić information content (AvgIpc) is 2.47. The molecule has 126 valence electrons. The van der Waals surface area contributed by atoms with Crippen LogP contribution in [0.5, 0.6) is 0 Å². The lowest BCUT2D eigenvalue weighted by Gasteiger charge is -2.35. The number of hydrogen-bond acceptors (Lipinski definition) is 3. The van der Waals surface area contributed by atoms with Gasteiger partial charge in [-0.3, -0.25) is 0 Å². The highest BCUT2D eigenvalue weighted by Gasteiger charge is 2.37. The van der Waals surface area contributed by atoms with E-state index in [0.717, 1.165) is 5.56 Å². The minimum absolute atomic E-state index is 0.411. The summed E-state index contributed by atoms with van der Waals surface area (Å²) in [6.45, 7) is 14.5. The van der Waals surface area contributed by atoms with Crippen molar-refractivity contribution in [2.45, 2.75) is 47.5 Å². The van der Waals surface area contributed by atoms with Crippen LogP contribution >= 0.6 is 0 Å². The van der Waals surface area contributed by atoms with E-state index in [9.17, 15) is 0 Å². The second-order valence-electron chi connectivity index (χ2n) is 7.04. The van der Waals surface area contributed by atoms with E-state index in [0.29, 0.717) is 37.6 Å². The van der Waals surface area contributed by atoms with Gasteiger partial charge in [0.05, 0.1) is 19.8 Å². The molecule has 0 bridgehead atoms. The van der Waals surface area contributed by atoms with Gasteiger partial charge in [-0.2, -0.15) is 0 Å². The Kier molecular flexibility index (Phi) is 8.08. The van der Waals surface area contributed by atoms with Crippen molar-refractivity contribution in [3.63, 3.8) is 0 Å². The number of ether oxygens (including phenoxy) is 3. The zero-order valence-corrected chi connectivity index (χ0v) is 15.0. The van der Waals surface area contributed by atoms with Gasteiger partial charge < -0.3 is 14.2 Å². The van der Waals surface area contributed by atoms with Crippen LogP contribution in [0.4, 0.5) is 0 Å². The summed E-state index contributed by atoms with van der Waals surface area (Å²) in [6, 6.07) is 9.96. The molecule has 0 N–H and O–H groups in total. The first-order chi connectivity index (χ1) is 10.4. The molecule has 1 rings (SSSR count). The summed E-state index contributed by atoms with van der Waals surface area (Å²) in [7, 11) is 0. The molecule has 0 aromatic heterocycles. The quantitative estimate of drug-likeness (QED) is 0.580. The van der Waals surface area contributed by atoms with Crippen molar-refractivity contribution in [1.29, 1.82) is 0 Å². The van der Waals surface area contributed by atoms with Crippen LogP contribution in [0, 0.1) is 17.8 Å². The van der Waals surface area contributed by atoms with Crippen LogP contribution in [-0.4, -0.2) is 19.8 Å². The van der Waals surface area contributed by atoms with Gasteiger partial charge in [0.2, 0.25) is 0 Å². The van der Waals surface area contributed by atoms with Crippen molar-refractivity contribution in [3.05, 3.63) is 35.9 Å². The van der Waals surface area contributed by atoms with E-state index in [-0.39, 0.29) is 0 Å². The third-order valence-corrected chi connectivity index (χ3v) is 2.95. The third-order valence-electron chi connectivity index (χ3n) is 2.95. The minimum atomic E-state index is -1.11. The van der Waals surface area contributed by atoms with Crippen molar-refractivity contribution >= 4 is 0 Å². The molecule has 0 aliphatic heterocycles. The van der Waals surface area contributed by atoms with Crippen molar-refractivity contribution in [2.24, 2.45) is 17.8 Å². The van der Waals surface area contributed by atoms with Gasteiger partial charge in [-0.25, -0.2) is 0 Å². The summed E-state index contributed by atoms with van der Waals surface area (Å²) in [6.07, 6.45) is 0. The van der Waals surface area contributed by atoms with Crippen molar-refractivity contribution in [1.82, 2.24) is 0 Å². The Morgan fingerprint density at radius 2 is 1.05 bits per heavy atom. The van der Waals surface area contributed by atoms with E-state index in [1.807, 2.05) is 30.3 Å². The smallest absolute Gasteiger partial charge is 0.312 e. The highest BCUT2D eigenvalue weighted by molar-refractivity contribution is 5.18. The summed E-state index contributed by atoms with van der Waals surface area (Å²) in [4.78, 5) is 0. The largest absolute Gasteiger partial charge is 0.323 e. The molecule has 0 amide bonds. The van der Waals surface area contributed by atoms with Gasteiger partial charge in [0.25, 0.3) is 0 Å². The summed E-state index contributed by atoms with van der Waals surface area (Å²) in [5.41, 5.74) is 0.914. The molecule has 1 aromatic rings. The Morgan fingerprint density at radius 1 is 0.682 bits per heavy atom. The summed E-state index contributed by atoms with van der Waals surface area (Å²) in [5, 5.41) is 0. The van der Waals surface area contributed by atoms with E-state index >= 15 is 0 Å². The van der Waals surface area contributed by atoms with Crippen LogP contribution in [0.1, 0.15) is 47.1 Å². The normalized spacial score (nSPS) is 12.6. The molecule has 0 aliphatic carbocycles. The van der Waals surface area contributed by atoms with E-state index in [1.54, 1.807) is 0 Å². The van der Waals surface area contributed by atoms with Gasteiger partial charge in [-0.1, -0.05) is 71.9 Å². The lowest BCUT2D eigenvalue weighted by Crippen LogP contribution is -2.39. The Morgan fingerprint density at radius 3 is 1.36 bits per heavy atom. The molecule has 0 saturated carbocycles. The first kappa shape index (κ1) is 19.1. The number of rotatable bonds is 10. The molecule has 1 aromatic carbocycles. The van der Waals surface area contributed by atoms with E-state index in [4.69, 9.17) is 14.2 Å².